The first-order chi connectivity index (χ1) is 12.0. The zero-order valence-electron chi connectivity index (χ0n) is 13.9. The van der Waals surface area contributed by atoms with E-state index in [1.54, 1.807) is 13.0 Å². The maximum Gasteiger partial charge on any atom is 0.409 e. The van der Waals surface area contributed by atoms with Crippen molar-refractivity contribution >= 4 is 33.0 Å². The van der Waals surface area contributed by atoms with E-state index in [0.29, 0.717) is 19.7 Å². The van der Waals surface area contributed by atoms with Gasteiger partial charge < -0.3 is 9.64 Å². The minimum atomic E-state index is -3.72. The Balaban J connectivity index is 1.66. The van der Waals surface area contributed by atoms with Gasteiger partial charge in [-0.2, -0.15) is 12.7 Å². The topological polar surface area (TPSA) is 91.8 Å². The molecule has 0 unspecified atom stereocenters. The molecule has 1 amide bonds. The van der Waals surface area contributed by atoms with E-state index in [4.69, 9.17) is 4.74 Å². The molecule has 1 N–H and O–H groups in total. The van der Waals surface area contributed by atoms with Crippen molar-refractivity contribution in [1.82, 2.24) is 14.2 Å². The Bertz CT molecular complexity index is 863. The highest BCUT2D eigenvalue weighted by Crippen LogP contribution is 2.17. The average Bonchev–Trinajstić information content (AvgIpc) is 2.61. The number of aromatic nitrogens is 1. The molecule has 3 rings (SSSR count). The summed E-state index contributed by atoms with van der Waals surface area (Å²) >= 11 is 0. The summed E-state index contributed by atoms with van der Waals surface area (Å²) in [5, 5.41) is 0.938. The van der Waals surface area contributed by atoms with Gasteiger partial charge >= 0.3 is 16.3 Å². The number of anilines is 1. The fourth-order valence-corrected chi connectivity index (χ4v) is 3.80. The van der Waals surface area contributed by atoms with Crippen molar-refractivity contribution in [2.24, 2.45) is 0 Å². The number of piperazine rings is 1. The van der Waals surface area contributed by atoms with Crippen LogP contribution in [0.2, 0.25) is 0 Å². The number of nitrogens with one attached hydrogen (secondary N) is 1. The summed E-state index contributed by atoms with van der Waals surface area (Å²) in [5.74, 6) is 0.270. The van der Waals surface area contributed by atoms with Crippen LogP contribution in [0.25, 0.3) is 10.9 Å². The molecule has 0 saturated carbocycles. The quantitative estimate of drug-likeness (QED) is 0.891. The summed E-state index contributed by atoms with van der Waals surface area (Å²) in [6.07, 6.45) is -0.413. The number of para-hydroxylation sites is 1. The number of amides is 1. The Labute approximate surface area is 146 Å². The van der Waals surface area contributed by atoms with Crippen molar-refractivity contribution in [3.63, 3.8) is 0 Å². The molecule has 0 bridgehead atoms. The molecule has 0 radical (unpaired) electrons. The monoisotopic (exact) mass is 364 g/mol. The number of ether oxygens (including phenoxy) is 1. The molecule has 1 aromatic heterocycles. The summed E-state index contributed by atoms with van der Waals surface area (Å²) in [5.41, 5.74) is 0.717. The van der Waals surface area contributed by atoms with Crippen LogP contribution in [0.4, 0.5) is 10.6 Å². The Morgan fingerprint density at radius 1 is 1.16 bits per heavy atom. The minimum Gasteiger partial charge on any atom is -0.450 e. The summed E-state index contributed by atoms with van der Waals surface area (Å²) < 4.78 is 33.8. The molecule has 0 atom stereocenters. The van der Waals surface area contributed by atoms with Crippen molar-refractivity contribution in [3.05, 3.63) is 36.4 Å². The third kappa shape index (κ3) is 3.99. The van der Waals surface area contributed by atoms with Gasteiger partial charge in [-0.25, -0.2) is 9.78 Å². The predicted molar refractivity (Wildman–Crippen MR) is 94.5 cm³/mol. The summed E-state index contributed by atoms with van der Waals surface area (Å²) in [6, 6.07) is 10.9. The van der Waals surface area contributed by atoms with Gasteiger partial charge in [-0.3, -0.25) is 4.72 Å². The largest absolute Gasteiger partial charge is 0.450 e. The number of hydrogen-bond acceptors (Lipinski definition) is 5. The number of carbonyl (C=O) groups excluding carboxylic acids is 1. The third-order valence-corrected chi connectivity index (χ3v) is 5.45. The van der Waals surface area contributed by atoms with Crippen LogP contribution in [0.5, 0.6) is 0 Å². The smallest absolute Gasteiger partial charge is 0.409 e. The lowest BCUT2D eigenvalue weighted by Gasteiger charge is -2.33. The molecule has 2 heterocycles. The Morgan fingerprint density at radius 3 is 2.60 bits per heavy atom. The first-order valence-corrected chi connectivity index (χ1v) is 9.49. The molecular weight excluding hydrogens is 344 g/mol. The zero-order chi connectivity index (χ0) is 17.9. The number of nitrogens with zero attached hydrogens (tertiary/aromatic N) is 3. The molecule has 1 aromatic carbocycles. The first kappa shape index (κ1) is 17.4. The fourth-order valence-electron chi connectivity index (χ4n) is 2.65. The van der Waals surface area contributed by atoms with E-state index in [-0.39, 0.29) is 18.9 Å². The minimum absolute atomic E-state index is 0.210. The normalized spacial score (nSPS) is 16.0. The maximum atomic E-state index is 12.5. The van der Waals surface area contributed by atoms with Crippen LogP contribution in [-0.4, -0.2) is 61.5 Å². The van der Waals surface area contributed by atoms with Crippen molar-refractivity contribution < 1.29 is 17.9 Å². The lowest BCUT2D eigenvalue weighted by Crippen LogP contribution is -2.52. The second-order valence-electron chi connectivity index (χ2n) is 5.58. The highest BCUT2D eigenvalue weighted by atomic mass is 32.2. The van der Waals surface area contributed by atoms with Gasteiger partial charge in [0.2, 0.25) is 0 Å². The van der Waals surface area contributed by atoms with E-state index in [1.807, 2.05) is 30.3 Å². The van der Waals surface area contributed by atoms with E-state index >= 15 is 0 Å². The number of hydrogen-bond donors (Lipinski definition) is 1. The molecule has 1 saturated heterocycles. The Hall–Kier alpha value is -2.39. The summed E-state index contributed by atoms with van der Waals surface area (Å²) in [4.78, 5) is 17.5. The van der Waals surface area contributed by atoms with Crippen LogP contribution in [0.1, 0.15) is 6.92 Å². The molecule has 8 nitrogen and oxygen atoms in total. The molecular formula is C16H20N4O4S. The molecule has 2 aromatic rings. The number of carbonyl (C=O) groups is 1. The van der Waals surface area contributed by atoms with Crippen molar-refractivity contribution in [2.75, 3.05) is 37.5 Å². The van der Waals surface area contributed by atoms with Gasteiger partial charge in [0.05, 0.1) is 12.1 Å². The van der Waals surface area contributed by atoms with Gasteiger partial charge in [0.15, 0.2) is 0 Å². The van der Waals surface area contributed by atoms with Crippen LogP contribution in [-0.2, 0) is 14.9 Å². The van der Waals surface area contributed by atoms with Gasteiger partial charge in [0.1, 0.15) is 5.82 Å². The van der Waals surface area contributed by atoms with Crippen molar-refractivity contribution in [3.8, 4) is 0 Å². The molecule has 1 aliphatic rings. The Kier molecular flexibility index (Phi) is 5.05. The summed E-state index contributed by atoms with van der Waals surface area (Å²) in [6.45, 7) is 3.05. The van der Waals surface area contributed by atoms with Crippen molar-refractivity contribution in [2.45, 2.75) is 6.92 Å². The molecule has 0 aliphatic carbocycles. The van der Waals surface area contributed by atoms with E-state index < -0.39 is 16.3 Å². The van der Waals surface area contributed by atoms with Gasteiger partial charge in [0.25, 0.3) is 0 Å². The zero-order valence-corrected chi connectivity index (χ0v) is 14.7. The number of rotatable bonds is 4. The molecule has 0 spiro atoms. The van der Waals surface area contributed by atoms with Crippen LogP contribution >= 0.6 is 0 Å². The van der Waals surface area contributed by atoms with Crippen molar-refractivity contribution in [1.29, 1.82) is 0 Å². The molecule has 25 heavy (non-hydrogen) atoms. The molecule has 1 fully saturated rings. The number of fused-ring (bicyclic) bond motifs is 1. The SMILES string of the molecule is CCOC(=O)N1CCN(S(=O)(=O)Nc2ccc3ccccc3n2)CC1. The number of pyridine rings is 1. The van der Waals surface area contributed by atoms with Crippen LogP contribution in [0.3, 0.4) is 0 Å². The molecule has 134 valence electrons. The van der Waals surface area contributed by atoms with Gasteiger partial charge in [-0.1, -0.05) is 18.2 Å². The van der Waals surface area contributed by atoms with E-state index in [2.05, 4.69) is 9.71 Å². The highest BCUT2D eigenvalue weighted by Gasteiger charge is 2.29. The standard InChI is InChI=1S/C16H20N4O4S/c1-2-24-16(21)19-9-11-20(12-10-19)25(22,23)18-15-8-7-13-5-3-4-6-14(13)17-15/h3-8H,2,9-12H2,1H3,(H,17,18). The second kappa shape index (κ2) is 7.24. The molecule has 9 heteroatoms. The van der Waals surface area contributed by atoms with Crippen LogP contribution < -0.4 is 4.72 Å². The molecule has 1 aliphatic heterocycles. The van der Waals surface area contributed by atoms with Crippen LogP contribution in [0, 0.1) is 0 Å². The van der Waals surface area contributed by atoms with E-state index in [1.165, 1.54) is 9.21 Å². The van der Waals surface area contributed by atoms with E-state index in [9.17, 15) is 13.2 Å². The van der Waals surface area contributed by atoms with Gasteiger partial charge in [-0.15, -0.1) is 0 Å². The van der Waals surface area contributed by atoms with Gasteiger partial charge in [0, 0.05) is 31.6 Å². The van der Waals surface area contributed by atoms with E-state index in [0.717, 1.165) is 10.9 Å². The number of benzene rings is 1. The fraction of sp³-hybridized carbons (Fsp3) is 0.375. The maximum absolute atomic E-state index is 12.5. The average molecular weight is 364 g/mol. The first-order valence-electron chi connectivity index (χ1n) is 8.05. The summed E-state index contributed by atoms with van der Waals surface area (Å²) in [7, 11) is -3.72. The Morgan fingerprint density at radius 2 is 1.88 bits per heavy atom. The van der Waals surface area contributed by atoms with Crippen LogP contribution in [0.15, 0.2) is 36.4 Å². The predicted octanol–water partition coefficient (Wildman–Crippen LogP) is 1.67. The highest BCUT2D eigenvalue weighted by molar-refractivity contribution is 7.90. The lowest BCUT2D eigenvalue weighted by molar-refractivity contribution is 0.0935. The van der Waals surface area contributed by atoms with Gasteiger partial charge in [-0.05, 0) is 25.1 Å². The second-order valence-corrected chi connectivity index (χ2v) is 7.25. The lowest BCUT2D eigenvalue weighted by atomic mass is 10.2. The third-order valence-electron chi connectivity index (χ3n) is 3.94.